The normalized spacial score (nSPS) is 14.5. The van der Waals surface area contributed by atoms with Crippen molar-refractivity contribution in [2.24, 2.45) is 0 Å². The Bertz CT molecular complexity index is 740. The van der Waals surface area contributed by atoms with Gasteiger partial charge in [0.25, 0.3) is 0 Å². The lowest BCUT2D eigenvalue weighted by Crippen LogP contribution is -2.34. The molecule has 0 unspecified atom stereocenters. The molecule has 24 heavy (non-hydrogen) atoms. The molecule has 0 fully saturated rings. The molecule has 0 heterocycles. The summed E-state index contributed by atoms with van der Waals surface area (Å²) in [4.78, 5) is 23.8. The van der Waals surface area contributed by atoms with E-state index in [0.717, 1.165) is 18.4 Å². The number of hydrogen-bond acceptors (Lipinski definition) is 2. The molecule has 0 aromatic heterocycles. The van der Waals surface area contributed by atoms with Crippen LogP contribution in [0.4, 0.5) is 0 Å². The number of benzene rings is 2. The highest BCUT2D eigenvalue weighted by Gasteiger charge is 2.22. The molecular weight excluding hydrogens is 302 g/mol. The molecule has 1 amide bonds. The molecule has 4 heteroatoms. The molecule has 2 N–H and O–H groups in total. The Kier molecular flexibility index (Phi) is 4.94. The van der Waals surface area contributed by atoms with Crippen LogP contribution in [0, 0.1) is 0 Å². The van der Waals surface area contributed by atoms with Gasteiger partial charge in [0, 0.05) is 0 Å². The zero-order valence-electron chi connectivity index (χ0n) is 13.5. The third kappa shape index (κ3) is 3.82. The molecule has 1 aliphatic rings. The molecule has 0 bridgehead atoms. The van der Waals surface area contributed by atoms with Crippen molar-refractivity contribution in [3.8, 4) is 0 Å². The second-order valence-corrected chi connectivity index (χ2v) is 6.24. The lowest BCUT2D eigenvalue weighted by molar-refractivity contribution is -0.141. The van der Waals surface area contributed by atoms with Crippen LogP contribution in [0.2, 0.25) is 0 Å². The van der Waals surface area contributed by atoms with Crippen LogP contribution in [0.1, 0.15) is 41.1 Å². The minimum atomic E-state index is -1.06. The monoisotopic (exact) mass is 323 g/mol. The number of hydrogen-bond donors (Lipinski definition) is 2. The van der Waals surface area contributed by atoms with E-state index in [1.54, 1.807) is 24.3 Å². The second-order valence-electron chi connectivity index (χ2n) is 6.24. The van der Waals surface area contributed by atoms with Gasteiger partial charge in [0.15, 0.2) is 6.04 Å². The molecule has 2 aromatic rings. The van der Waals surface area contributed by atoms with E-state index in [1.807, 2.05) is 12.1 Å². The highest BCUT2D eigenvalue weighted by Crippen LogP contribution is 2.22. The van der Waals surface area contributed by atoms with Crippen LogP contribution >= 0.6 is 0 Å². The van der Waals surface area contributed by atoms with E-state index in [2.05, 4.69) is 17.4 Å². The molecule has 0 saturated heterocycles. The first-order valence-corrected chi connectivity index (χ1v) is 8.31. The summed E-state index contributed by atoms with van der Waals surface area (Å²) in [5.41, 5.74) is 4.21. The number of carbonyl (C=O) groups excluding carboxylic acids is 1. The first-order chi connectivity index (χ1) is 11.6. The quantitative estimate of drug-likeness (QED) is 0.889. The first kappa shape index (κ1) is 16.2. The Morgan fingerprint density at radius 3 is 2.42 bits per heavy atom. The maximum absolute atomic E-state index is 12.3. The molecule has 3 rings (SSSR count). The Morgan fingerprint density at radius 1 is 1.00 bits per heavy atom. The summed E-state index contributed by atoms with van der Waals surface area (Å²) in [6.07, 6.45) is 4.79. The Balaban J connectivity index is 1.69. The van der Waals surface area contributed by atoms with Crippen molar-refractivity contribution in [1.29, 1.82) is 0 Å². The lowest BCUT2D eigenvalue weighted by atomic mass is 9.90. The van der Waals surface area contributed by atoms with Gasteiger partial charge in [-0.2, -0.15) is 0 Å². The number of aryl methyl sites for hydroxylation is 2. The summed E-state index contributed by atoms with van der Waals surface area (Å²) in [5, 5.41) is 12.0. The molecule has 0 radical (unpaired) electrons. The smallest absolute Gasteiger partial charge is 0.330 e. The van der Waals surface area contributed by atoms with Gasteiger partial charge >= 0.3 is 5.97 Å². The molecule has 4 nitrogen and oxygen atoms in total. The Hall–Kier alpha value is -2.62. The fraction of sp³-hybridized carbons (Fsp3) is 0.300. The number of nitrogens with one attached hydrogen (secondary N) is 1. The minimum Gasteiger partial charge on any atom is -0.479 e. The van der Waals surface area contributed by atoms with Gasteiger partial charge in [0.05, 0.1) is 6.42 Å². The average molecular weight is 323 g/mol. The van der Waals surface area contributed by atoms with Crippen LogP contribution in [0.3, 0.4) is 0 Å². The maximum atomic E-state index is 12.3. The van der Waals surface area contributed by atoms with Gasteiger partial charge in [-0.25, -0.2) is 4.79 Å². The van der Waals surface area contributed by atoms with Gasteiger partial charge in [0.1, 0.15) is 0 Å². The van der Waals surface area contributed by atoms with E-state index in [-0.39, 0.29) is 12.3 Å². The van der Waals surface area contributed by atoms with Gasteiger partial charge in [-0.1, -0.05) is 48.5 Å². The zero-order chi connectivity index (χ0) is 16.9. The summed E-state index contributed by atoms with van der Waals surface area (Å²) in [6.45, 7) is 0. The van der Waals surface area contributed by atoms with Crippen molar-refractivity contribution < 1.29 is 14.7 Å². The summed E-state index contributed by atoms with van der Waals surface area (Å²) >= 11 is 0. The topological polar surface area (TPSA) is 66.4 Å². The molecule has 0 spiro atoms. The van der Waals surface area contributed by atoms with Crippen molar-refractivity contribution in [3.05, 3.63) is 70.8 Å². The maximum Gasteiger partial charge on any atom is 0.330 e. The SMILES string of the molecule is O=C(Cc1ccc2c(c1)CCCC2)N[C@H](C(=O)O)c1ccccc1. The van der Waals surface area contributed by atoms with Gasteiger partial charge in [0.2, 0.25) is 5.91 Å². The third-order valence-corrected chi connectivity index (χ3v) is 4.46. The fourth-order valence-corrected chi connectivity index (χ4v) is 3.23. The van der Waals surface area contributed by atoms with Gasteiger partial charge < -0.3 is 10.4 Å². The highest BCUT2D eigenvalue weighted by atomic mass is 16.4. The van der Waals surface area contributed by atoms with Crippen molar-refractivity contribution in [1.82, 2.24) is 5.32 Å². The van der Waals surface area contributed by atoms with Crippen LogP contribution in [-0.2, 0) is 28.9 Å². The molecule has 124 valence electrons. The molecule has 0 saturated carbocycles. The van der Waals surface area contributed by atoms with E-state index in [1.165, 1.54) is 24.0 Å². The second kappa shape index (κ2) is 7.30. The summed E-state index contributed by atoms with van der Waals surface area (Å²) in [5.74, 6) is -1.33. The first-order valence-electron chi connectivity index (χ1n) is 8.31. The number of amides is 1. The average Bonchev–Trinajstić information content (AvgIpc) is 2.60. The molecule has 1 atom stereocenters. The van der Waals surface area contributed by atoms with Gasteiger partial charge in [-0.15, -0.1) is 0 Å². The summed E-state index contributed by atoms with van der Waals surface area (Å²) in [7, 11) is 0. The highest BCUT2D eigenvalue weighted by molar-refractivity contribution is 5.85. The number of aliphatic carboxylic acids is 1. The number of fused-ring (bicyclic) bond motifs is 1. The Labute approximate surface area is 141 Å². The molecular formula is C20H21NO3. The van der Waals surface area contributed by atoms with Crippen molar-refractivity contribution in [3.63, 3.8) is 0 Å². The van der Waals surface area contributed by atoms with Crippen molar-refractivity contribution >= 4 is 11.9 Å². The number of rotatable bonds is 5. The lowest BCUT2D eigenvalue weighted by Gasteiger charge is -2.17. The molecule has 0 aliphatic heterocycles. The summed E-state index contributed by atoms with van der Waals surface area (Å²) < 4.78 is 0. The summed E-state index contributed by atoms with van der Waals surface area (Å²) in [6, 6.07) is 13.9. The van der Waals surface area contributed by atoms with E-state index >= 15 is 0 Å². The van der Waals surface area contributed by atoms with E-state index < -0.39 is 12.0 Å². The van der Waals surface area contributed by atoms with Crippen LogP contribution < -0.4 is 5.32 Å². The van der Waals surface area contributed by atoms with Crippen LogP contribution in [-0.4, -0.2) is 17.0 Å². The van der Waals surface area contributed by atoms with Gasteiger partial charge in [-0.05, 0) is 47.9 Å². The molecule has 1 aliphatic carbocycles. The minimum absolute atomic E-state index is 0.198. The Morgan fingerprint density at radius 2 is 1.71 bits per heavy atom. The zero-order valence-corrected chi connectivity index (χ0v) is 13.5. The van der Waals surface area contributed by atoms with E-state index in [4.69, 9.17) is 0 Å². The van der Waals surface area contributed by atoms with E-state index in [0.29, 0.717) is 5.56 Å². The standard InChI is InChI=1S/C20H21NO3/c22-18(21-19(20(23)24)16-7-2-1-3-8-16)13-14-10-11-15-6-4-5-9-17(15)12-14/h1-3,7-8,10-12,19H,4-6,9,13H2,(H,21,22)(H,23,24)/t19-/m0/s1. The molecule has 2 aromatic carbocycles. The van der Waals surface area contributed by atoms with Crippen molar-refractivity contribution in [2.75, 3.05) is 0 Å². The van der Waals surface area contributed by atoms with Crippen LogP contribution in [0.25, 0.3) is 0 Å². The third-order valence-electron chi connectivity index (χ3n) is 4.46. The van der Waals surface area contributed by atoms with Gasteiger partial charge in [-0.3, -0.25) is 4.79 Å². The van der Waals surface area contributed by atoms with Crippen LogP contribution in [0.15, 0.2) is 48.5 Å². The van der Waals surface area contributed by atoms with Crippen LogP contribution in [0.5, 0.6) is 0 Å². The van der Waals surface area contributed by atoms with Crippen molar-refractivity contribution in [2.45, 2.75) is 38.1 Å². The van der Waals surface area contributed by atoms with E-state index in [9.17, 15) is 14.7 Å². The predicted octanol–water partition coefficient (Wildman–Crippen LogP) is 3.05. The number of carbonyl (C=O) groups is 2. The largest absolute Gasteiger partial charge is 0.479 e. The predicted molar refractivity (Wildman–Crippen MR) is 91.7 cm³/mol. The number of carboxylic acid groups (broad SMARTS) is 1. The fourth-order valence-electron chi connectivity index (χ4n) is 3.23. The number of carboxylic acids is 1.